The first-order valence-electron chi connectivity index (χ1n) is 9.90. The van der Waals surface area contributed by atoms with Crippen LogP contribution in [0.25, 0.3) is 17.2 Å². The van der Waals surface area contributed by atoms with Gasteiger partial charge < -0.3 is 14.4 Å². The van der Waals surface area contributed by atoms with E-state index in [2.05, 4.69) is 0 Å². The molecule has 0 atom stereocenters. The molecular weight excluding hydrogens is 374 g/mol. The van der Waals surface area contributed by atoms with Gasteiger partial charge in [-0.15, -0.1) is 0 Å². The van der Waals surface area contributed by atoms with Crippen molar-refractivity contribution in [3.05, 3.63) is 90.0 Å². The molecular formula is C26H27NO3. The van der Waals surface area contributed by atoms with Crippen LogP contribution in [0.3, 0.4) is 0 Å². The second-order valence-electron chi connectivity index (χ2n) is 7.20. The van der Waals surface area contributed by atoms with E-state index in [4.69, 9.17) is 9.47 Å². The van der Waals surface area contributed by atoms with Gasteiger partial charge in [-0.3, -0.25) is 4.79 Å². The maximum absolute atomic E-state index is 13.0. The molecule has 0 aliphatic rings. The van der Waals surface area contributed by atoms with Gasteiger partial charge >= 0.3 is 0 Å². The van der Waals surface area contributed by atoms with Gasteiger partial charge in [0.1, 0.15) is 18.1 Å². The monoisotopic (exact) mass is 401 g/mol. The number of methoxy groups -OCH3 is 1. The van der Waals surface area contributed by atoms with Crippen molar-refractivity contribution >= 4 is 11.9 Å². The highest BCUT2D eigenvalue weighted by molar-refractivity contribution is 6.09. The van der Waals surface area contributed by atoms with Gasteiger partial charge in [0.2, 0.25) is 0 Å². The summed E-state index contributed by atoms with van der Waals surface area (Å²) in [6.45, 7) is 1.29. The zero-order valence-corrected chi connectivity index (χ0v) is 17.7. The fourth-order valence-electron chi connectivity index (χ4n) is 2.97. The summed E-state index contributed by atoms with van der Waals surface area (Å²) >= 11 is 0. The minimum Gasteiger partial charge on any atom is -0.497 e. The van der Waals surface area contributed by atoms with Crippen LogP contribution in [0.5, 0.6) is 11.5 Å². The minimum atomic E-state index is -0.0940. The molecule has 0 unspecified atom stereocenters. The molecule has 0 aliphatic carbocycles. The SMILES string of the molecule is COc1ccc(/C=C/C(=O)c2cc(-c3ccccc3)ccc2OCCN(C)C)cc1. The number of hydrogen-bond donors (Lipinski definition) is 0. The molecule has 3 rings (SSSR count). The molecule has 0 aromatic heterocycles. The Morgan fingerprint density at radius 3 is 2.33 bits per heavy atom. The van der Waals surface area contributed by atoms with Crippen molar-refractivity contribution in [2.24, 2.45) is 0 Å². The average molecular weight is 402 g/mol. The maximum Gasteiger partial charge on any atom is 0.189 e. The minimum absolute atomic E-state index is 0.0940. The Labute approximate surface area is 178 Å². The van der Waals surface area contributed by atoms with E-state index in [0.29, 0.717) is 17.9 Å². The summed E-state index contributed by atoms with van der Waals surface area (Å²) in [7, 11) is 5.61. The lowest BCUT2D eigenvalue weighted by molar-refractivity contribution is 0.104. The van der Waals surface area contributed by atoms with Gasteiger partial charge in [-0.05, 0) is 61.1 Å². The number of ether oxygens (including phenoxy) is 2. The molecule has 0 fully saturated rings. The van der Waals surface area contributed by atoms with Gasteiger partial charge in [-0.25, -0.2) is 0 Å². The Hall–Kier alpha value is -3.37. The number of nitrogens with zero attached hydrogens (tertiary/aromatic N) is 1. The molecule has 0 heterocycles. The van der Waals surface area contributed by atoms with E-state index in [1.165, 1.54) is 0 Å². The van der Waals surface area contributed by atoms with Crippen molar-refractivity contribution in [1.29, 1.82) is 0 Å². The Bertz CT molecular complexity index is 993. The van der Waals surface area contributed by atoms with Crippen LogP contribution in [-0.2, 0) is 0 Å². The number of carbonyl (C=O) groups excluding carboxylic acids is 1. The van der Waals surface area contributed by atoms with Crippen molar-refractivity contribution in [2.45, 2.75) is 0 Å². The van der Waals surface area contributed by atoms with Crippen molar-refractivity contribution in [1.82, 2.24) is 4.90 Å². The van der Waals surface area contributed by atoms with Crippen LogP contribution in [0.2, 0.25) is 0 Å². The van der Waals surface area contributed by atoms with E-state index in [9.17, 15) is 4.79 Å². The summed E-state index contributed by atoms with van der Waals surface area (Å²) in [5.41, 5.74) is 3.53. The summed E-state index contributed by atoms with van der Waals surface area (Å²) in [6, 6.07) is 23.4. The first-order valence-corrected chi connectivity index (χ1v) is 9.90. The normalized spacial score (nSPS) is 11.1. The number of allylic oxidation sites excluding steroid dienone is 1. The third-order valence-corrected chi connectivity index (χ3v) is 4.69. The number of rotatable bonds is 9. The Balaban J connectivity index is 1.87. The second-order valence-corrected chi connectivity index (χ2v) is 7.20. The largest absolute Gasteiger partial charge is 0.497 e. The summed E-state index contributed by atoms with van der Waals surface area (Å²) in [5.74, 6) is 1.29. The predicted octanol–water partition coefficient (Wildman–Crippen LogP) is 5.20. The van der Waals surface area contributed by atoms with Gasteiger partial charge in [0.25, 0.3) is 0 Å². The predicted molar refractivity (Wildman–Crippen MR) is 122 cm³/mol. The van der Waals surface area contributed by atoms with Crippen molar-refractivity contribution in [2.75, 3.05) is 34.4 Å². The molecule has 154 valence electrons. The summed E-state index contributed by atoms with van der Waals surface area (Å²) in [6.07, 6.45) is 3.39. The highest BCUT2D eigenvalue weighted by atomic mass is 16.5. The van der Waals surface area contributed by atoms with Crippen LogP contribution in [-0.4, -0.2) is 45.0 Å². The number of hydrogen-bond acceptors (Lipinski definition) is 4. The van der Waals surface area contributed by atoms with Crippen LogP contribution >= 0.6 is 0 Å². The van der Waals surface area contributed by atoms with E-state index < -0.39 is 0 Å². The average Bonchev–Trinajstić information content (AvgIpc) is 2.78. The van der Waals surface area contributed by atoms with Gasteiger partial charge in [0, 0.05) is 6.54 Å². The van der Waals surface area contributed by atoms with E-state index in [0.717, 1.165) is 29.0 Å². The molecule has 0 radical (unpaired) electrons. The Morgan fingerprint density at radius 2 is 1.67 bits per heavy atom. The molecule has 4 nitrogen and oxygen atoms in total. The molecule has 30 heavy (non-hydrogen) atoms. The third-order valence-electron chi connectivity index (χ3n) is 4.69. The molecule has 3 aromatic carbocycles. The lowest BCUT2D eigenvalue weighted by Gasteiger charge is -2.14. The zero-order chi connectivity index (χ0) is 21.3. The van der Waals surface area contributed by atoms with Gasteiger partial charge in [0.05, 0.1) is 12.7 Å². The quantitative estimate of drug-likeness (QED) is 0.365. The summed E-state index contributed by atoms with van der Waals surface area (Å²) in [4.78, 5) is 15.1. The van der Waals surface area contributed by atoms with Crippen LogP contribution in [0, 0.1) is 0 Å². The maximum atomic E-state index is 13.0. The van der Waals surface area contributed by atoms with Crippen LogP contribution in [0.15, 0.2) is 78.9 Å². The Kier molecular flexibility index (Phi) is 7.41. The first-order chi connectivity index (χ1) is 14.6. The third kappa shape index (κ3) is 5.82. The second kappa shape index (κ2) is 10.4. The highest BCUT2D eigenvalue weighted by Crippen LogP contribution is 2.28. The van der Waals surface area contributed by atoms with E-state index in [1.54, 1.807) is 19.3 Å². The lowest BCUT2D eigenvalue weighted by atomic mass is 10.00. The fourth-order valence-corrected chi connectivity index (χ4v) is 2.97. The van der Waals surface area contributed by atoms with Crippen LogP contribution in [0.1, 0.15) is 15.9 Å². The molecule has 0 aliphatic heterocycles. The summed E-state index contributed by atoms with van der Waals surface area (Å²) in [5, 5.41) is 0. The molecule has 0 bridgehead atoms. The topological polar surface area (TPSA) is 38.8 Å². The van der Waals surface area contributed by atoms with Gasteiger partial charge in [-0.2, -0.15) is 0 Å². The fraction of sp³-hybridized carbons (Fsp3) is 0.192. The molecule has 4 heteroatoms. The number of ketones is 1. The molecule has 0 saturated heterocycles. The zero-order valence-electron chi connectivity index (χ0n) is 17.7. The number of carbonyl (C=O) groups is 1. The number of likely N-dealkylation sites (N-methyl/N-ethyl adjacent to an activating group) is 1. The van der Waals surface area contributed by atoms with Crippen molar-refractivity contribution in [3.63, 3.8) is 0 Å². The first kappa shape index (κ1) is 21.3. The van der Waals surface area contributed by atoms with E-state index in [1.807, 2.05) is 91.8 Å². The standard InChI is InChI=1S/C26H27NO3/c1-27(2)17-18-30-26-16-12-22(21-7-5-4-6-8-21)19-24(26)25(28)15-11-20-9-13-23(29-3)14-10-20/h4-16,19H,17-18H2,1-3H3/b15-11+. The molecule has 3 aromatic rings. The van der Waals surface area contributed by atoms with Crippen molar-refractivity contribution in [3.8, 4) is 22.6 Å². The van der Waals surface area contributed by atoms with Crippen LogP contribution in [0.4, 0.5) is 0 Å². The highest BCUT2D eigenvalue weighted by Gasteiger charge is 2.13. The van der Waals surface area contributed by atoms with Gasteiger partial charge in [0.15, 0.2) is 5.78 Å². The van der Waals surface area contributed by atoms with Crippen LogP contribution < -0.4 is 9.47 Å². The smallest absolute Gasteiger partial charge is 0.189 e. The molecule has 0 spiro atoms. The lowest BCUT2D eigenvalue weighted by Crippen LogP contribution is -2.20. The van der Waals surface area contributed by atoms with E-state index >= 15 is 0 Å². The Morgan fingerprint density at radius 1 is 0.933 bits per heavy atom. The molecule has 0 amide bonds. The van der Waals surface area contributed by atoms with E-state index in [-0.39, 0.29) is 5.78 Å². The van der Waals surface area contributed by atoms with Crippen molar-refractivity contribution < 1.29 is 14.3 Å². The molecule has 0 N–H and O–H groups in total. The number of benzene rings is 3. The van der Waals surface area contributed by atoms with Gasteiger partial charge in [-0.1, -0.05) is 54.6 Å². The summed E-state index contributed by atoms with van der Waals surface area (Å²) < 4.78 is 11.1. The molecule has 0 saturated carbocycles.